The Balaban J connectivity index is 2.82. The second-order valence-corrected chi connectivity index (χ2v) is 7.47. The molecule has 1 heterocycles. The van der Waals surface area contributed by atoms with E-state index in [4.69, 9.17) is 10.5 Å². The molecule has 26 heavy (non-hydrogen) atoms. The van der Waals surface area contributed by atoms with Crippen LogP contribution in [0.5, 0.6) is 0 Å². The average molecular weight is 369 g/mol. The van der Waals surface area contributed by atoms with Gasteiger partial charge in [-0.3, -0.25) is 9.59 Å². The van der Waals surface area contributed by atoms with Gasteiger partial charge in [0.05, 0.1) is 7.11 Å². The van der Waals surface area contributed by atoms with Crippen molar-refractivity contribution in [2.75, 3.05) is 13.7 Å². The molecule has 3 atom stereocenters. The molecule has 1 fully saturated rings. The normalized spacial score (nSPS) is 20.8. The van der Waals surface area contributed by atoms with Gasteiger partial charge in [-0.05, 0) is 32.1 Å². The molecule has 0 radical (unpaired) electrons. The summed E-state index contributed by atoms with van der Waals surface area (Å²) in [5.74, 6) is -1.83. The molecule has 0 bridgehead atoms. The lowest BCUT2D eigenvalue weighted by molar-refractivity contribution is -0.154. The summed E-state index contributed by atoms with van der Waals surface area (Å²) in [5, 5.41) is 2.79. The lowest BCUT2D eigenvalue weighted by Crippen LogP contribution is -2.60. The summed E-state index contributed by atoms with van der Waals surface area (Å²) in [4.78, 5) is 37.6. The molecule has 1 amide bonds. The SMILES string of the molecule is CCCCCCCC(CC)C(=O)C(N)(C[C@@H]1CCCNC1=O)C(=O)OC. The van der Waals surface area contributed by atoms with Crippen LogP contribution in [0.15, 0.2) is 0 Å². The number of carbonyl (C=O) groups is 3. The summed E-state index contributed by atoms with van der Waals surface area (Å²) >= 11 is 0. The molecule has 0 aromatic rings. The Morgan fingerprint density at radius 3 is 2.54 bits per heavy atom. The Kier molecular flexibility index (Phi) is 9.84. The highest BCUT2D eigenvalue weighted by Crippen LogP contribution is 2.29. The summed E-state index contributed by atoms with van der Waals surface area (Å²) in [6.07, 6.45) is 8.43. The number of rotatable bonds is 12. The van der Waals surface area contributed by atoms with E-state index in [0.29, 0.717) is 19.4 Å². The summed E-state index contributed by atoms with van der Waals surface area (Å²) in [7, 11) is 1.24. The Hall–Kier alpha value is -1.43. The number of Topliss-reactive ketones (excluding diaryl/α,β-unsaturated/α-hetero) is 1. The van der Waals surface area contributed by atoms with Gasteiger partial charge in [0.15, 0.2) is 11.3 Å². The first-order valence-corrected chi connectivity index (χ1v) is 10.1. The van der Waals surface area contributed by atoms with Crippen molar-refractivity contribution in [3.63, 3.8) is 0 Å². The van der Waals surface area contributed by atoms with Crippen LogP contribution in [0.1, 0.15) is 78.1 Å². The summed E-state index contributed by atoms with van der Waals surface area (Å²) in [6.45, 7) is 4.74. The highest BCUT2D eigenvalue weighted by Gasteiger charge is 2.48. The van der Waals surface area contributed by atoms with Crippen molar-refractivity contribution in [1.29, 1.82) is 0 Å². The van der Waals surface area contributed by atoms with Gasteiger partial charge in [-0.25, -0.2) is 4.79 Å². The van der Waals surface area contributed by atoms with Crippen LogP contribution in [0.3, 0.4) is 0 Å². The molecule has 1 aliphatic rings. The molecule has 0 spiro atoms. The van der Waals surface area contributed by atoms with Gasteiger partial charge in [0, 0.05) is 18.4 Å². The number of hydrogen-bond donors (Lipinski definition) is 2. The first kappa shape index (κ1) is 22.6. The molecule has 0 aromatic carbocycles. The minimum Gasteiger partial charge on any atom is -0.467 e. The van der Waals surface area contributed by atoms with E-state index in [1.54, 1.807) is 0 Å². The molecule has 6 nitrogen and oxygen atoms in total. The molecule has 6 heteroatoms. The molecule has 3 N–H and O–H groups in total. The van der Waals surface area contributed by atoms with Gasteiger partial charge in [-0.1, -0.05) is 46.0 Å². The maximum atomic E-state index is 13.1. The van der Waals surface area contributed by atoms with Crippen LogP contribution in [0.2, 0.25) is 0 Å². The van der Waals surface area contributed by atoms with Crippen LogP contribution in [0, 0.1) is 11.8 Å². The van der Waals surface area contributed by atoms with Crippen LogP contribution in [-0.4, -0.2) is 36.9 Å². The molecular formula is C20H36N2O4. The van der Waals surface area contributed by atoms with Gasteiger partial charge < -0.3 is 15.8 Å². The lowest BCUT2D eigenvalue weighted by Gasteiger charge is -2.33. The van der Waals surface area contributed by atoms with Gasteiger partial charge >= 0.3 is 5.97 Å². The van der Waals surface area contributed by atoms with Gasteiger partial charge in [-0.15, -0.1) is 0 Å². The standard InChI is InChI=1S/C20H36N2O4/c1-4-6-7-8-9-11-15(5-2)17(23)20(21,19(25)26-3)14-16-12-10-13-22-18(16)24/h15-16H,4-14,21H2,1-3H3,(H,22,24)/t15?,16-,20?/m0/s1. The topological polar surface area (TPSA) is 98.5 Å². The second-order valence-electron chi connectivity index (χ2n) is 7.47. The van der Waals surface area contributed by atoms with Gasteiger partial charge in [0.1, 0.15) is 0 Å². The highest BCUT2D eigenvalue weighted by molar-refractivity contribution is 6.09. The quantitative estimate of drug-likeness (QED) is 0.313. The number of amides is 1. The van der Waals surface area contributed by atoms with Crippen molar-refractivity contribution in [3.05, 3.63) is 0 Å². The molecule has 1 aliphatic heterocycles. The Morgan fingerprint density at radius 2 is 1.96 bits per heavy atom. The van der Waals surface area contributed by atoms with Crippen LogP contribution < -0.4 is 11.1 Å². The van der Waals surface area contributed by atoms with Crippen LogP contribution in [-0.2, 0) is 19.1 Å². The van der Waals surface area contributed by atoms with Crippen LogP contribution >= 0.6 is 0 Å². The number of unbranched alkanes of at least 4 members (excludes halogenated alkanes) is 4. The number of hydrogen-bond acceptors (Lipinski definition) is 5. The van der Waals surface area contributed by atoms with E-state index in [9.17, 15) is 14.4 Å². The van der Waals surface area contributed by atoms with Gasteiger partial charge in [-0.2, -0.15) is 0 Å². The number of nitrogens with one attached hydrogen (secondary N) is 1. The van der Waals surface area contributed by atoms with E-state index in [0.717, 1.165) is 32.1 Å². The number of ether oxygens (including phenoxy) is 1. The highest BCUT2D eigenvalue weighted by atomic mass is 16.5. The van der Waals surface area contributed by atoms with E-state index < -0.39 is 17.4 Å². The van der Waals surface area contributed by atoms with Gasteiger partial charge in [0.2, 0.25) is 5.91 Å². The molecule has 150 valence electrons. The molecule has 0 saturated carbocycles. The fourth-order valence-electron chi connectivity index (χ4n) is 3.76. The predicted molar refractivity (Wildman–Crippen MR) is 101 cm³/mol. The zero-order valence-corrected chi connectivity index (χ0v) is 16.6. The van der Waals surface area contributed by atoms with Gasteiger partial charge in [0.25, 0.3) is 0 Å². The first-order chi connectivity index (χ1) is 12.4. The van der Waals surface area contributed by atoms with Crippen molar-refractivity contribution in [2.24, 2.45) is 17.6 Å². The summed E-state index contributed by atoms with van der Waals surface area (Å²) in [5.41, 5.74) is 4.58. The van der Waals surface area contributed by atoms with E-state index in [1.807, 2.05) is 6.92 Å². The molecule has 1 rings (SSSR count). The predicted octanol–water partition coefficient (Wildman–Crippen LogP) is 2.73. The lowest BCUT2D eigenvalue weighted by atomic mass is 9.75. The molecule has 1 saturated heterocycles. The Labute approximate surface area is 157 Å². The Morgan fingerprint density at radius 1 is 1.27 bits per heavy atom. The Bertz CT molecular complexity index is 480. The number of nitrogens with two attached hydrogens (primary N) is 1. The number of piperidine rings is 1. The van der Waals surface area contributed by atoms with Crippen molar-refractivity contribution in [2.45, 2.75) is 83.6 Å². The number of methoxy groups -OCH3 is 1. The largest absolute Gasteiger partial charge is 0.467 e. The van der Waals surface area contributed by atoms with Crippen molar-refractivity contribution < 1.29 is 19.1 Å². The van der Waals surface area contributed by atoms with Crippen molar-refractivity contribution >= 4 is 17.7 Å². The zero-order chi connectivity index (χ0) is 19.6. The van der Waals surface area contributed by atoms with E-state index in [1.165, 1.54) is 20.0 Å². The summed E-state index contributed by atoms with van der Waals surface area (Å²) < 4.78 is 4.85. The fraction of sp³-hybridized carbons (Fsp3) is 0.850. The minimum absolute atomic E-state index is 0.0245. The van der Waals surface area contributed by atoms with E-state index >= 15 is 0 Å². The second kappa shape index (κ2) is 11.3. The van der Waals surface area contributed by atoms with E-state index in [-0.39, 0.29) is 24.0 Å². The fourth-order valence-corrected chi connectivity index (χ4v) is 3.76. The zero-order valence-electron chi connectivity index (χ0n) is 16.6. The summed E-state index contributed by atoms with van der Waals surface area (Å²) in [6, 6.07) is 0. The molecule has 2 unspecified atom stereocenters. The smallest absolute Gasteiger partial charge is 0.333 e. The molecule has 0 aromatic heterocycles. The van der Waals surface area contributed by atoms with Crippen LogP contribution in [0.4, 0.5) is 0 Å². The van der Waals surface area contributed by atoms with E-state index in [2.05, 4.69) is 12.2 Å². The maximum Gasteiger partial charge on any atom is 0.333 e. The third kappa shape index (κ3) is 6.08. The first-order valence-electron chi connectivity index (χ1n) is 10.1. The molecular weight excluding hydrogens is 332 g/mol. The van der Waals surface area contributed by atoms with Crippen molar-refractivity contribution in [3.8, 4) is 0 Å². The number of ketones is 1. The van der Waals surface area contributed by atoms with Crippen LogP contribution in [0.25, 0.3) is 0 Å². The number of carbonyl (C=O) groups excluding carboxylic acids is 3. The molecule has 0 aliphatic carbocycles. The number of esters is 1. The minimum atomic E-state index is -1.74. The third-order valence-electron chi connectivity index (χ3n) is 5.48. The average Bonchev–Trinajstić information content (AvgIpc) is 2.65. The monoisotopic (exact) mass is 368 g/mol. The van der Waals surface area contributed by atoms with Crippen molar-refractivity contribution in [1.82, 2.24) is 5.32 Å². The third-order valence-corrected chi connectivity index (χ3v) is 5.48. The maximum absolute atomic E-state index is 13.1.